The van der Waals surface area contributed by atoms with Crippen molar-refractivity contribution in [2.75, 3.05) is 5.32 Å². The molecule has 0 spiro atoms. The van der Waals surface area contributed by atoms with Gasteiger partial charge in [-0.15, -0.1) is 0 Å². The maximum absolute atomic E-state index is 11.8. The summed E-state index contributed by atoms with van der Waals surface area (Å²) in [6.45, 7) is 10.7. The average Bonchev–Trinajstić information content (AvgIpc) is 2.37. The number of carbonyl (C=O) groups is 2. The van der Waals surface area contributed by atoms with Crippen LogP contribution in [0.25, 0.3) is 0 Å². The number of aliphatic imine (C=N–C) groups is 1. The Balaban J connectivity index is 2.72. The zero-order valence-electron chi connectivity index (χ0n) is 12.8. The monoisotopic (exact) mass is 288 g/mol. The fourth-order valence-corrected chi connectivity index (χ4v) is 1.44. The molecular weight excluding hydrogens is 268 g/mol. The molecule has 0 aliphatic rings. The third kappa shape index (κ3) is 5.60. The zero-order valence-corrected chi connectivity index (χ0v) is 12.8. The largest absolute Gasteiger partial charge is 0.456 e. The first-order chi connectivity index (χ1) is 9.73. The minimum absolute atomic E-state index is 0.119. The lowest BCUT2D eigenvalue weighted by molar-refractivity contribution is -0.112. The summed E-state index contributed by atoms with van der Waals surface area (Å²) in [5, 5.41) is 2.64. The molecule has 0 saturated carbocycles. The minimum Gasteiger partial charge on any atom is -0.456 e. The molecule has 0 bridgehead atoms. The summed E-state index contributed by atoms with van der Waals surface area (Å²) in [5.74, 6) is -0.793. The van der Waals surface area contributed by atoms with Gasteiger partial charge in [0.15, 0.2) is 0 Å². The van der Waals surface area contributed by atoms with Crippen LogP contribution in [-0.4, -0.2) is 23.7 Å². The maximum atomic E-state index is 11.8. The highest BCUT2D eigenvalue weighted by Crippen LogP contribution is 2.15. The number of esters is 1. The second kappa shape index (κ2) is 6.83. The summed E-state index contributed by atoms with van der Waals surface area (Å²) in [4.78, 5) is 27.3. The van der Waals surface area contributed by atoms with E-state index >= 15 is 0 Å². The maximum Gasteiger partial charge on any atom is 0.338 e. The van der Waals surface area contributed by atoms with Gasteiger partial charge in [0, 0.05) is 11.9 Å². The molecule has 21 heavy (non-hydrogen) atoms. The normalized spacial score (nSPS) is 11.2. The van der Waals surface area contributed by atoms with Gasteiger partial charge in [0.05, 0.1) is 5.56 Å². The molecule has 1 aromatic carbocycles. The molecule has 1 rings (SSSR count). The summed E-state index contributed by atoms with van der Waals surface area (Å²) < 4.78 is 5.26. The van der Waals surface area contributed by atoms with Crippen LogP contribution in [0.5, 0.6) is 0 Å². The molecular formula is C16H20N2O3. The molecule has 1 N–H and O–H groups in total. The van der Waals surface area contributed by atoms with Crippen molar-refractivity contribution in [3.8, 4) is 0 Å². The van der Waals surface area contributed by atoms with Crippen LogP contribution < -0.4 is 5.32 Å². The molecule has 0 aliphatic carbocycles. The quantitative estimate of drug-likeness (QED) is 0.525. The SMILES string of the molecule is C=C(N=CC)C(=O)Nc1ccc(C(=O)OC(C)(C)C)cc1. The van der Waals surface area contributed by atoms with Crippen LogP contribution in [0.15, 0.2) is 41.5 Å². The Morgan fingerprint density at radius 1 is 1.24 bits per heavy atom. The Bertz CT molecular complexity index is 566. The molecule has 0 fully saturated rings. The number of nitrogens with one attached hydrogen (secondary N) is 1. The number of carbonyl (C=O) groups excluding carboxylic acids is 2. The van der Waals surface area contributed by atoms with Crippen LogP contribution >= 0.6 is 0 Å². The van der Waals surface area contributed by atoms with Crippen molar-refractivity contribution >= 4 is 23.8 Å². The lowest BCUT2D eigenvalue weighted by atomic mass is 10.1. The highest BCUT2D eigenvalue weighted by Gasteiger charge is 2.17. The van der Waals surface area contributed by atoms with Crippen LogP contribution in [-0.2, 0) is 9.53 Å². The van der Waals surface area contributed by atoms with E-state index in [0.29, 0.717) is 11.3 Å². The van der Waals surface area contributed by atoms with Gasteiger partial charge in [0.25, 0.3) is 5.91 Å². The molecule has 1 amide bonds. The van der Waals surface area contributed by atoms with Gasteiger partial charge in [-0.25, -0.2) is 4.79 Å². The van der Waals surface area contributed by atoms with Crippen LogP contribution in [0.1, 0.15) is 38.1 Å². The zero-order chi connectivity index (χ0) is 16.0. The fraction of sp³-hybridized carbons (Fsp3) is 0.312. The Hall–Kier alpha value is -2.43. The van der Waals surface area contributed by atoms with Crippen molar-refractivity contribution < 1.29 is 14.3 Å². The van der Waals surface area contributed by atoms with Crippen molar-refractivity contribution in [2.45, 2.75) is 33.3 Å². The molecule has 5 nitrogen and oxygen atoms in total. The summed E-state index contributed by atoms with van der Waals surface area (Å²) in [6, 6.07) is 6.44. The molecule has 0 atom stereocenters. The van der Waals surface area contributed by atoms with Crippen LogP contribution in [0.2, 0.25) is 0 Å². The highest BCUT2D eigenvalue weighted by molar-refractivity contribution is 6.04. The highest BCUT2D eigenvalue weighted by atomic mass is 16.6. The molecule has 0 unspecified atom stereocenters. The van der Waals surface area contributed by atoms with Crippen LogP contribution in [0.4, 0.5) is 5.69 Å². The first kappa shape index (κ1) is 16.6. The smallest absolute Gasteiger partial charge is 0.338 e. The average molecular weight is 288 g/mol. The standard InChI is InChI=1S/C16H20N2O3/c1-6-17-11(2)14(19)18-13-9-7-12(8-10-13)15(20)21-16(3,4)5/h6-10H,2H2,1,3-5H3,(H,18,19). The Morgan fingerprint density at radius 3 is 2.29 bits per heavy atom. The number of hydrogen-bond acceptors (Lipinski definition) is 4. The van der Waals surface area contributed by atoms with Crippen molar-refractivity contribution in [2.24, 2.45) is 4.99 Å². The van der Waals surface area contributed by atoms with Gasteiger partial charge in [0.2, 0.25) is 0 Å². The molecule has 0 heterocycles. The van der Waals surface area contributed by atoms with Gasteiger partial charge < -0.3 is 10.1 Å². The van der Waals surface area contributed by atoms with E-state index < -0.39 is 17.5 Å². The lowest BCUT2D eigenvalue weighted by Gasteiger charge is -2.19. The molecule has 112 valence electrons. The van der Waals surface area contributed by atoms with E-state index in [-0.39, 0.29) is 5.70 Å². The first-order valence-electron chi connectivity index (χ1n) is 6.55. The van der Waals surface area contributed by atoms with E-state index in [9.17, 15) is 9.59 Å². The molecule has 0 aliphatic heterocycles. The Morgan fingerprint density at radius 2 is 1.81 bits per heavy atom. The van der Waals surface area contributed by atoms with Crippen molar-refractivity contribution in [3.05, 3.63) is 42.1 Å². The van der Waals surface area contributed by atoms with E-state index in [1.54, 1.807) is 52.0 Å². The van der Waals surface area contributed by atoms with Gasteiger partial charge in [-0.3, -0.25) is 9.79 Å². The number of benzene rings is 1. The third-order valence-electron chi connectivity index (χ3n) is 2.32. The van der Waals surface area contributed by atoms with Gasteiger partial charge in [0.1, 0.15) is 11.3 Å². The number of hydrogen-bond donors (Lipinski definition) is 1. The minimum atomic E-state index is -0.542. The number of rotatable bonds is 4. The second-order valence-corrected chi connectivity index (χ2v) is 5.37. The van der Waals surface area contributed by atoms with E-state index in [1.165, 1.54) is 6.21 Å². The third-order valence-corrected chi connectivity index (χ3v) is 2.32. The molecule has 1 aromatic rings. The van der Waals surface area contributed by atoms with Crippen molar-refractivity contribution in [3.63, 3.8) is 0 Å². The van der Waals surface area contributed by atoms with Gasteiger partial charge in [-0.2, -0.15) is 0 Å². The van der Waals surface area contributed by atoms with E-state index in [0.717, 1.165) is 0 Å². The number of anilines is 1. The van der Waals surface area contributed by atoms with Crippen LogP contribution in [0.3, 0.4) is 0 Å². The molecule has 0 aromatic heterocycles. The predicted octanol–water partition coefficient (Wildman–Crippen LogP) is 3.18. The topological polar surface area (TPSA) is 67.8 Å². The van der Waals surface area contributed by atoms with E-state index in [1.807, 2.05) is 0 Å². The lowest BCUT2D eigenvalue weighted by Crippen LogP contribution is -2.23. The summed E-state index contributed by atoms with van der Waals surface area (Å²) in [5.41, 5.74) is 0.557. The van der Waals surface area contributed by atoms with E-state index in [2.05, 4.69) is 16.9 Å². The first-order valence-corrected chi connectivity index (χ1v) is 6.55. The van der Waals surface area contributed by atoms with Crippen molar-refractivity contribution in [1.82, 2.24) is 0 Å². The van der Waals surface area contributed by atoms with Gasteiger partial charge in [-0.1, -0.05) is 6.58 Å². The van der Waals surface area contributed by atoms with Crippen molar-refractivity contribution in [1.29, 1.82) is 0 Å². The predicted molar refractivity (Wildman–Crippen MR) is 83.5 cm³/mol. The van der Waals surface area contributed by atoms with Gasteiger partial charge in [-0.05, 0) is 52.0 Å². The summed E-state index contributed by atoms with van der Waals surface area (Å²) >= 11 is 0. The van der Waals surface area contributed by atoms with Crippen LogP contribution in [0, 0.1) is 0 Å². The number of ether oxygens (including phenoxy) is 1. The number of nitrogens with zero attached hydrogens (tertiary/aromatic N) is 1. The van der Waals surface area contributed by atoms with E-state index in [4.69, 9.17) is 4.74 Å². The number of amides is 1. The molecule has 0 radical (unpaired) electrons. The molecule has 0 saturated heterocycles. The second-order valence-electron chi connectivity index (χ2n) is 5.37. The summed E-state index contributed by atoms with van der Waals surface area (Å²) in [6.07, 6.45) is 1.49. The Kier molecular flexibility index (Phi) is 5.41. The van der Waals surface area contributed by atoms with Gasteiger partial charge >= 0.3 is 5.97 Å². The Labute approximate surface area is 124 Å². The summed E-state index contributed by atoms with van der Waals surface area (Å²) in [7, 11) is 0. The molecule has 5 heteroatoms. The fourth-order valence-electron chi connectivity index (χ4n) is 1.44.